The summed E-state index contributed by atoms with van der Waals surface area (Å²) in [5.41, 5.74) is -0.856. The summed E-state index contributed by atoms with van der Waals surface area (Å²) < 4.78 is 39.2. The quantitative estimate of drug-likeness (QED) is 0.682. The van der Waals surface area contributed by atoms with Crippen LogP contribution in [0.25, 0.3) is 10.9 Å². The van der Waals surface area contributed by atoms with Crippen molar-refractivity contribution in [2.24, 2.45) is 0 Å². The van der Waals surface area contributed by atoms with Gasteiger partial charge in [0.15, 0.2) is 0 Å². The lowest BCUT2D eigenvalue weighted by molar-refractivity contribution is -0.137. The van der Waals surface area contributed by atoms with E-state index in [-0.39, 0.29) is 12.2 Å². The lowest BCUT2D eigenvalue weighted by atomic mass is 10.2. The fraction of sp³-hybridized carbons (Fsp3) is 0.158. The fourth-order valence-corrected chi connectivity index (χ4v) is 2.59. The van der Waals surface area contributed by atoms with Gasteiger partial charge in [0.05, 0.1) is 29.3 Å². The Morgan fingerprint density at radius 1 is 1.03 bits per heavy atom. The van der Waals surface area contributed by atoms with Crippen molar-refractivity contribution in [3.63, 3.8) is 0 Å². The molecule has 10 heteroatoms. The van der Waals surface area contributed by atoms with Gasteiger partial charge >= 0.3 is 6.18 Å². The summed E-state index contributed by atoms with van der Waals surface area (Å²) in [7, 11) is 0. The van der Waals surface area contributed by atoms with E-state index in [4.69, 9.17) is 0 Å². The summed E-state index contributed by atoms with van der Waals surface area (Å²) in [4.78, 5) is 40.3. The number of fused-ring (bicyclic) bond motifs is 1. The van der Waals surface area contributed by atoms with Crippen LogP contribution in [0.4, 0.5) is 18.9 Å². The zero-order valence-electron chi connectivity index (χ0n) is 14.9. The molecule has 2 aromatic carbocycles. The second-order valence-corrected chi connectivity index (χ2v) is 6.10. The van der Waals surface area contributed by atoms with Gasteiger partial charge in [-0.05, 0) is 30.3 Å². The molecule has 2 N–H and O–H groups in total. The van der Waals surface area contributed by atoms with E-state index in [1.165, 1.54) is 12.4 Å². The van der Waals surface area contributed by atoms with E-state index in [1.807, 2.05) is 0 Å². The van der Waals surface area contributed by atoms with Crippen molar-refractivity contribution in [1.29, 1.82) is 0 Å². The molecule has 0 saturated heterocycles. The smallest absolute Gasteiger partial charge is 0.345 e. The van der Waals surface area contributed by atoms with E-state index >= 15 is 0 Å². The number of para-hydroxylation sites is 1. The minimum Gasteiger partial charge on any atom is -0.345 e. The van der Waals surface area contributed by atoms with Crippen LogP contribution in [0.1, 0.15) is 5.56 Å². The molecule has 7 nitrogen and oxygen atoms in total. The molecule has 0 aliphatic rings. The molecule has 0 aliphatic heterocycles. The maximum absolute atomic E-state index is 12.7. The van der Waals surface area contributed by atoms with Gasteiger partial charge in [-0.25, -0.2) is 4.98 Å². The number of hydrogen-bond acceptors (Lipinski definition) is 4. The molecule has 0 fully saturated rings. The zero-order valence-corrected chi connectivity index (χ0v) is 14.9. The van der Waals surface area contributed by atoms with Crippen molar-refractivity contribution < 1.29 is 22.8 Å². The number of halogens is 3. The maximum atomic E-state index is 12.7. The summed E-state index contributed by atoms with van der Waals surface area (Å²) in [6.45, 7) is -0.821. The molecule has 3 rings (SSSR count). The Hall–Kier alpha value is -3.69. The van der Waals surface area contributed by atoms with E-state index in [0.29, 0.717) is 10.9 Å². The number of anilines is 1. The second-order valence-electron chi connectivity index (χ2n) is 6.10. The van der Waals surface area contributed by atoms with Gasteiger partial charge in [-0.3, -0.25) is 19.0 Å². The fourth-order valence-electron chi connectivity index (χ4n) is 2.59. The van der Waals surface area contributed by atoms with Gasteiger partial charge in [-0.2, -0.15) is 13.2 Å². The molecule has 0 saturated carbocycles. The van der Waals surface area contributed by atoms with Crippen LogP contribution in [-0.4, -0.2) is 27.9 Å². The lowest BCUT2D eigenvalue weighted by Crippen LogP contribution is -2.37. The largest absolute Gasteiger partial charge is 0.416 e. The van der Waals surface area contributed by atoms with E-state index in [2.05, 4.69) is 15.6 Å². The first-order chi connectivity index (χ1) is 13.7. The number of alkyl halides is 3. The molecular weight excluding hydrogens is 389 g/mol. The van der Waals surface area contributed by atoms with Crippen LogP contribution in [-0.2, 0) is 22.3 Å². The highest BCUT2D eigenvalue weighted by atomic mass is 19.4. The van der Waals surface area contributed by atoms with Crippen LogP contribution in [0.5, 0.6) is 0 Å². The van der Waals surface area contributed by atoms with Gasteiger partial charge in [0.25, 0.3) is 5.56 Å². The third-order valence-electron chi connectivity index (χ3n) is 3.97. The van der Waals surface area contributed by atoms with Crippen molar-refractivity contribution in [1.82, 2.24) is 14.9 Å². The topological polar surface area (TPSA) is 93.1 Å². The van der Waals surface area contributed by atoms with Crippen LogP contribution >= 0.6 is 0 Å². The summed E-state index contributed by atoms with van der Waals surface area (Å²) in [5, 5.41) is 4.94. The molecule has 1 heterocycles. The minimum absolute atomic E-state index is 0.0472. The number of hydrogen-bond donors (Lipinski definition) is 2. The van der Waals surface area contributed by atoms with Crippen molar-refractivity contribution in [3.05, 3.63) is 70.8 Å². The van der Waals surface area contributed by atoms with Crippen molar-refractivity contribution in [2.45, 2.75) is 12.7 Å². The van der Waals surface area contributed by atoms with E-state index in [0.717, 1.165) is 22.8 Å². The highest BCUT2D eigenvalue weighted by molar-refractivity contribution is 5.94. The molecule has 0 spiro atoms. The average Bonchev–Trinajstić information content (AvgIpc) is 2.68. The molecule has 29 heavy (non-hydrogen) atoms. The molecule has 2 amide bonds. The van der Waals surface area contributed by atoms with Gasteiger partial charge in [0.2, 0.25) is 11.8 Å². The van der Waals surface area contributed by atoms with Crippen LogP contribution in [0.2, 0.25) is 0 Å². The maximum Gasteiger partial charge on any atom is 0.416 e. The summed E-state index contributed by atoms with van der Waals surface area (Å²) in [6.07, 6.45) is -3.30. The lowest BCUT2D eigenvalue weighted by Gasteiger charge is -2.11. The minimum atomic E-state index is -4.53. The van der Waals surface area contributed by atoms with Gasteiger partial charge < -0.3 is 10.6 Å². The normalized spacial score (nSPS) is 11.3. The predicted molar refractivity (Wildman–Crippen MR) is 99.1 cm³/mol. The second kappa shape index (κ2) is 8.13. The van der Waals surface area contributed by atoms with Gasteiger partial charge in [-0.1, -0.05) is 18.2 Å². The van der Waals surface area contributed by atoms with E-state index in [9.17, 15) is 27.6 Å². The number of carbonyl (C=O) groups excluding carboxylic acids is 2. The van der Waals surface area contributed by atoms with Gasteiger partial charge in [0.1, 0.15) is 6.54 Å². The van der Waals surface area contributed by atoms with E-state index in [1.54, 1.807) is 24.3 Å². The summed E-state index contributed by atoms with van der Waals surface area (Å²) in [6, 6.07) is 10.8. The number of rotatable bonds is 5. The molecule has 0 aliphatic carbocycles. The first-order valence-corrected chi connectivity index (χ1v) is 8.42. The molecule has 0 unspecified atom stereocenters. The molecule has 3 aromatic rings. The highest BCUT2D eigenvalue weighted by Gasteiger charge is 2.30. The van der Waals surface area contributed by atoms with Gasteiger partial charge in [0, 0.05) is 5.69 Å². The Morgan fingerprint density at radius 3 is 2.55 bits per heavy atom. The summed E-state index contributed by atoms with van der Waals surface area (Å²) in [5.74, 6) is -1.33. The van der Waals surface area contributed by atoms with Crippen molar-refractivity contribution in [3.8, 4) is 0 Å². The molecule has 0 radical (unpaired) electrons. The molecular formula is C19H15F3N4O3. The predicted octanol–water partition coefficient (Wildman–Crippen LogP) is 2.17. The molecule has 0 atom stereocenters. The zero-order chi connectivity index (χ0) is 21.0. The Bertz CT molecular complexity index is 1130. The number of aromatic nitrogens is 2. The standard InChI is InChI=1S/C19H15F3N4O3/c20-19(21,22)12-4-3-5-13(8-12)25-16(27)9-23-17(28)10-26-11-24-15-7-2-1-6-14(15)18(26)29/h1-8,11H,9-10H2,(H,23,28)(H,25,27). The van der Waals surface area contributed by atoms with Crippen LogP contribution in [0.15, 0.2) is 59.7 Å². The molecule has 1 aromatic heterocycles. The third-order valence-corrected chi connectivity index (χ3v) is 3.97. The number of amides is 2. The number of carbonyl (C=O) groups is 2. The Balaban J connectivity index is 1.58. The molecule has 150 valence electrons. The van der Waals surface area contributed by atoms with Crippen LogP contribution in [0.3, 0.4) is 0 Å². The van der Waals surface area contributed by atoms with Crippen molar-refractivity contribution in [2.75, 3.05) is 11.9 Å². The van der Waals surface area contributed by atoms with Gasteiger partial charge in [-0.15, -0.1) is 0 Å². The Labute approximate surface area is 162 Å². The van der Waals surface area contributed by atoms with E-state index < -0.39 is 35.7 Å². The summed E-state index contributed by atoms with van der Waals surface area (Å²) >= 11 is 0. The highest BCUT2D eigenvalue weighted by Crippen LogP contribution is 2.30. The Kier molecular flexibility index (Phi) is 5.62. The van der Waals surface area contributed by atoms with Crippen molar-refractivity contribution >= 4 is 28.4 Å². The van der Waals surface area contributed by atoms with Crippen LogP contribution in [0, 0.1) is 0 Å². The average molecular weight is 404 g/mol. The SMILES string of the molecule is O=C(Cn1cnc2ccccc2c1=O)NCC(=O)Nc1cccc(C(F)(F)F)c1. The first kappa shape index (κ1) is 20.1. The number of nitrogens with zero attached hydrogens (tertiary/aromatic N) is 2. The molecule has 0 bridgehead atoms. The monoisotopic (exact) mass is 404 g/mol. The number of nitrogens with one attached hydrogen (secondary N) is 2. The number of benzene rings is 2. The van der Waals surface area contributed by atoms with Crippen LogP contribution < -0.4 is 16.2 Å². The third kappa shape index (κ3) is 4.98. The Morgan fingerprint density at radius 2 is 1.79 bits per heavy atom. The first-order valence-electron chi connectivity index (χ1n) is 8.42.